The summed E-state index contributed by atoms with van der Waals surface area (Å²) in [4.78, 5) is 22.6. The summed E-state index contributed by atoms with van der Waals surface area (Å²) in [5.74, 6) is -0.908. The van der Waals surface area contributed by atoms with Gasteiger partial charge in [0.15, 0.2) is 0 Å². The molecule has 0 aliphatic heterocycles. The molecular weight excluding hydrogens is 250 g/mol. The Morgan fingerprint density at radius 1 is 1.47 bits per heavy atom. The second-order valence-electron chi connectivity index (χ2n) is 3.71. The second kappa shape index (κ2) is 6.44. The van der Waals surface area contributed by atoms with Crippen molar-refractivity contribution in [2.75, 3.05) is 19.0 Å². The molecule has 0 saturated carbocycles. The lowest BCUT2D eigenvalue weighted by Crippen LogP contribution is -2.17. The molecular formula is C13H15NO5. The Morgan fingerprint density at radius 3 is 2.68 bits per heavy atom. The maximum atomic E-state index is 11.5. The van der Waals surface area contributed by atoms with Crippen LogP contribution in [0.2, 0.25) is 0 Å². The van der Waals surface area contributed by atoms with E-state index in [0.29, 0.717) is 5.56 Å². The van der Waals surface area contributed by atoms with Crippen LogP contribution in [0.15, 0.2) is 24.8 Å². The molecule has 1 amide bonds. The summed E-state index contributed by atoms with van der Waals surface area (Å²) in [6.07, 6.45) is 0.633. The van der Waals surface area contributed by atoms with Crippen molar-refractivity contribution in [2.45, 2.75) is 6.92 Å². The molecule has 6 nitrogen and oxygen atoms in total. The Bertz CT molecular complexity index is 510. The van der Waals surface area contributed by atoms with Crippen molar-refractivity contribution in [3.8, 4) is 5.75 Å². The van der Waals surface area contributed by atoms with Gasteiger partial charge in [-0.3, -0.25) is 5.32 Å². The third kappa shape index (κ3) is 3.74. The minimum Gasteiger partial charge on any atom is -0.495 e. The van der Waals surface area contributed by atoms with E-state index >= 15 is 0 Å². The number of carbonyl (C=O) groups excluding carboxylic acids is 1. The van der Waals surface area contributed by atoms with E-state index in [4.69, 9.17) is 14.6 Å². The highest BCUT2D eigenvalue weighted by Crippen LogP contribution is 2.30. The number of hydrogen-bond donors (Lipinski definition) is 2. The number of amides is 1. The van der Waals surface area contributed by atoms with Gasteiger partial charge in [-0.2, -0.15) is 0 Å². The number of methoxy groups -OCH3 is 1. The van der Waals surface area contributed by atoms with Gasteiger partial charge in [0, 0.05) is 0 Å². The van der Waals surface area contributed by atoms with E-state index in [1.165, 1.54) is 19.3 Å². The standard InChI is InChI=1S/C13H15NO5/c1-4-5-19-13(17)14-11-9(12(15)16)6-8(2)7-10(11)18-3/h4,6-7H,1,5H2,2-3H3,(H,14,17)(H,15,16). The molecule has 0 aliphatic rings. The van der Waals surface area contributed by atoms with Gasteiger partial charge in [-0.25, -0.2) is 9.59 Å². The number of ether oxygens (including phenoxy) is 2. The van der Waals surface area contributed by atoms with E-state index in [2.05, 4.69) is 11.9 Å². The predicted octanol–water partition coefficient (Wildman–Crippen LogP) is 2.44. The SMILES string of the molecule is C=CCOC(=O)Nc1c(OC)cc(C)cc1C(=O)O. The van der Waals surface area contributed by atoms with Crippen LogP contribution in [0.25, 0.3) is 0 Å². The van der Waals surface area contributed by atoms with Gasteiger partial charge < -0.3 is 14.6 Å². The van der Waals surface area contributed by atoms with Crippen molar-refractivity contribution >= 4 is 17.7 Å². The normalized spacial score (nSPS) is 9.58. The third-order valence-corrected chi connectivity index (χ3v) is 2.26. The van der Waals surface area contributed by atoms with Gasteiger partial charge in [-0.1, -0.05) is 12.7 Å². The van der Waals surface area contributed by atoms with E-state index in [9.17, 15) is 9.59 Å². The molecule has 19 heavy (non-hydrogen) atoms. The van der Waals surface area contributed by atoms with Crippen LogP contribution >= 0.6 is 0 Å². The third-order valence-electron chi connectivity index (χ3n) is 2.26. The summed E-state index contributed by atoms with van der Waals surface area (Å²) >= 11 is 0. The number of aryl methyl sites for hydroxylation is 1. The second-order valence-corrected chi connectivity index (χ2v) is 3.71. The van der Waals surface area contributed by atoms with Crippen LogP contribution in [0.1, 0.15) is 15.9 Å². The molecule has 0 aromatic heterocycles. The van der Waals surface area contributed by atoms with Crippen molar-refractivity contribution in [3.05, 3.63) is 35.9 Å². The van der Waals surface area contributed by atoms with Crippen LogP contribution in [0.3, 0.4) is 0 Å². The predicted molar refractivity (Wildman–Crippen MR) is 69.9 cm³/mol. The first-order valence-electron chi connectivity index (χ1n) is 5.46. The summed E-state index contributed by atoms with van der Waals surface area (Å²) in [6.45, 7) is 5.17. The Balaban J connectivity index is 3.12. The maximum absolute atomic E-state index is 11.5. The molecule has 6 heteroatoms. The summed E-state index contributed by atoms with van der Waals surface area (Å²) in [7, 11) is 1.39. The van der Waals surface area contributed by atoms with Crippen molar-refractivity contribution < 1.29 is 24.2 Å². The molecule has 1 aromatic rings. The van der Waals surface area contributed by atoms with Gasteiger partial charge in [0.25, 0.3) is 0 Å². The van der Waals surface area contributed by atoms with Crippen LogP contribution in [0, 0.1) is 6.92 Å². The molecule has 0 saturated heterocycles. The Kier molecular flexibility index (Phi) is 4.93. The molecule has 1 rings (SSSR count). The highest BCUT2D eigenvalue weighted by molar-refractivity contribution is 6.01. The van der Waals surface area contributed by atoms with Crippen molar-refractivity contribution in [3.63, 3.8) is 0 Å². The number of hydrogen-bond acceptors (Lipinski definition) is 4. The van der Waals surface area contributed by atoms with Crippen LogP contribution in [0.4, 0.5) is 10.5 Å². The zero-order valence-corrected chi connectivity index (χ0v) is 10.7. The Morgan fingerprint density at radius 2 is 2.16 bits per heavy atom. The molecule has 0 fully saturated rings. The number of carboxylic acid groups (broad SMARTS) is 1. The fourth-order valence-electron chi connectivity index (χ4n) is 1.48. The molecule has 0 atom stereocenters. The van der Waals surface area contributed by atoms with E-state index in [0.717, 1.165) is 0 Å². The lowest BCUT2D eigenvalue weighted by Gasteiger charge is -2.13. The smallest absolute Gasteiger partial charge is 0.412 e. The number of aromatic carboxylic acids is 1. The average molecular weight is 265 g/mol. The zero-order chi connectivity index (χ0) is 14.4. The monoisotopic (exact) mass is 265 g/mol. The lowest BCUT2D eigenvalue weighted by molar-refractivity contribution is 0.0697. The van der Waals surface area contributed by atoms with E-state index in [-0.39, 0.29) is 23.6 Å². The van der Waals surface area contributed by atoms with E-state index in [1.807, 2.05) is 0 Å². The highest BCUT2D eigenvalue weighted by atomic mass is 16.5. The number of benzene rings is 1. The number of carboxylic acids is 1. The van der Waals surface area contributed by atoms with Crippen LogP contribution in [0.5, 0.6) is 5.75 Å². The molecule has 102 valence electrons. The highest BCUT2D eigenvalue weighted by Gasteiger charge is 2.18. The summed E-state index contributed by atoms with van der Waals surface area (Å²) in [5, 5.41) is 11.5. The number of anilines is 1. The van der Waals surface area contributed by atoms with Crippen molar-refractivity contribution in [2.24, 2.45) is 0 Å². The fourth-order valence-corrected chi connectivity index (χ4v) is 1.48. The first kappa shape index (κ1) is 14.6. The summed E-state index contributed by atoms with van der Waals surface area (Å²) < 4.78 is 9.81. The topological polar surface area (TPSA) is 84.9 Å². The minimum absolute atomic E-state index is 0.0302. The fraction of sp³-hybridized carbons (Fsp3) is 0.231. The number of nitrogens with one attached hydrogen (secondary N) is 1. The summed E-state index contributed by atoms with van der Waals surface area (Å²) in [5.41, 5.74) is 0.710. The first-order chi connectivity index (χ1) is 8.99. The summed E-state index contributed by atoms with van der Waals surface area (Å²) in [6, 6.07) is 3.06. The molecule has 0 unspecified atom stereocenters. The van der Waals surface area contributed by atoms with Crippen molar-refractivity contribution in [1.82, 2.24) is 0 Å². The van der Waals surface area contributed by atoms with Crippen LogP contribution in [-0.4, -0.2) is 30.9 Å². The van der Waals surface area contributed by atoms with Gasteiger partial charge in [0.2, 0.25) is 0 Å². The zero-order valence-electron chi connectivity index (χ0n) is 10.7. The quantitative estimate of drug-likeness (QED) is 0.799. The number of carbonyl (C=O) groups is 2. The first-order valence-corrected chi connectivity index (χ1v) is 5.46. The van der Waals surface area contributed by atoms with Gasteiger partial charge in [-0.05, 0) is 24.6 Å². The van der Waals surface area contributed by atoms with Crippen LogP contribution in [-0.2, 0) is 4.74 Å². The van der Waals surface area contributed by atoms with Crippen LogP contribution < -0.4 is 10.1 Å². The lowest BCUT2D eigenvalue weighted by atomic mass is 10.1. The van der Waals surface area contributed by atoms with E-state index < -0.39 is 12.1 Å². The van der Waals surface area contributed by atoms with Gasteiger partial charge in [0.1, 0.15) is 18.0 Å². The maximum Gasteiger partial charge on any atom is 0.412 e. The molecule has 0 bridgehead atoms. The van der Waals surface area contributed by atoms with Gasteiger partial charge in [0.05, 0.1) is 12.7 Å². The Labute approximate surface area is 110 Å². The van der Waals surface area contributed by atoms with Gasteiger partial charge in [-0.15, -0.1) is 0 Å². The molecule has 0 aliphatic carbocycles. The minimum atomic E-state index is -1.17. The largest absolute Gasteiger partial charge is 0.495 e. The van der Waals surface area contributed by atoms with E-state index in [1.54, 1.807) is 13.0 Å². The molecule has 0 spiro atoms. The molecule has 1 aromatic carbocycles. The molecule has 0 radical (unpaired) electrons. The Hall–Kier alpha value is -2.50. The van der Waals surface area contributed by atoms with Crippen molar-refractivity contribution in [1.29, 1.82) is 0 Å². The number of rotatable bonds is 5. The average Bonchev–Trinajstić information content (AvgIpc) is 2.37. The molecule has 0 heterocycles. The molecule has 2 N–H and O–H groups in total. The van der Waals surface area contributed by atoms with Gasteiger partial charge >= 0.3 is 12.1 Å².